The Bertz CT molecular complexity index is 821. The van der Waals surface area contributed by atoms with Gasteiger partial charge in [-0.1, -0.05) is 6.07 Å². The smallest absolute Gasteiger partial charge is 0.308 e. The molecular formula is C22H28N4O4. The molecule has 1 aromatic carbocycles. The largest absolute Gasteiger partial charge is 0.497 e. The van der Waals surface area contributed by atoms with Crippen LogP contribution in [-0.2, 0) is 16.1 Å². The average molecular weight is 412 g/mol. The van der Waals surface area contributed by atoms with Gasteiger partial charge in [0.05, 0.1) is 18.7 Å². The number of piperazine rings is 1. The van der Waals surface area contributed by atoms with Crippen molar-refractivity contribution in [1.29, 1.82) is 0 Å². The van der Waals surface area contributed by atoms with E-state index in [4.69, 9.17) is 4.74 Å². The first kappa shape index (κ1) is 21.7. The van der Waals surface area contributed by atoms with Crippen molar-refractivity contribution in [1.82, 2.24) is 14.8 Å². The fourth-order valence-electron chi connectivity index (χ4n) is 3.50. The summed E-state index contributed by atoms with van der Waals surface area (Å²) in [5.74, 6) is -1.30. The lowest BCUT2D eigenvalue weighted by atomic mass is 10.0. The van der Waals surface area contributed by atoms with Crippen LogP contribution in [0.1, 0.15) is 12.1 Å². The third-order valence-electron chi connectivity index (χ3n) is 5.21. The summed E-state index contributed by atoms with van der Waals surface area (Å²) in [6.07, 6.45) is 1.73. The van der Waals surface area contributed by atoms with E-state index in [2.05, 4.69) is 20.1 Å². The van der Waals surface area contributed by atoms with E-state index in [9.17, 15) is 14.7 Å². The van der Waals surface area contributed by atoms with Crippen molar-refractivity contribution < 1.29 is 19.4 Å². The third kappa shape index (κ3) is 6.53. The molecule has 0 aliphatic carbocycles. The number of benzene rings is 1. The Morgan fingerprint density at radius 3 is 2.40 bits per heavy atom. The molecule has 0 spiro atoms. The lowest BCUT2D eigenvalue weighted by Crippen LogP contribution is -2.48. The van der Waals surface area contributed by atoms with Gasteiger partial charge in [-0.05, 0) is 36.4 Å². The second-order valence-electron chi connectivity index (χ2n) is 7.41. The molecule has 0 unspecified atom stereocenters. The Kier molecular flexibility index (Phi) is 7.75. The van der Waals surface area contributed by atoms with Gasteiger partial charge in [-0.25, -0.2) is 0 Å². The molecule has 0 saturated carbocycles. The molecule has 160 valence electrons. The predicted molar refractivity (Wildman–Crippen MR) is 113 cm³/mol. The first-order chi connectivity index (χ1) is 14.5. The van der Waals surface area contributed by atoms with Gasteiger partial charge in [-0.2, -0.15) is 0 Å². The standard InChI is InChI=1S/C22H28N4O4/c1-30-20-7-5-18(6-8-20)24-21(27)14-17(22(28)29)15-25-10-12-26(13-11-25)16-19-4-2-3-9-23-19/h2-9,17H,10-16H2,1H3,(H,24,27)(H,28,29)/t17-/m0/s1. The molecule has 2 heterocycles. The van der Waals surface area contributed by atoms with Crippen molar-refractivity contribution >= 4 is 17.6 Å². The van der Waals surface area contributed by atoms with E-state index in [1.807, 2.05) is 18.2 Å². The zero-order valence-electron chi connectivity index (χ0n) is 17.2. The molecule has 1 fully saturated rings. The Morgan fingerprint density at radius 1 is 1.10 bits per heavy atom. The number of carbonyl (C=O) groups excluding carboxylic acids is 1. The summed E-state index contributed by atoms with van der Waals surface area (Å²) in [7, 11) is 1.57. The number of carboxylic acid groups (broad SMARTS) is 1. The summed E-state index contributed by atoms with van der Waals surface area (Å²) >= 11 is 0. The fourth-order valence-corrected chi connectivity index (χ4v) is 3.50. The summed E-state index contributed by atoms with van der Waals surface area (Å²) in [6, 6.07) is 12.8. The number of pyridine rings is 1. The highest BCUT2D eigenvalue weighted by Gasteiger charge is 2.26. The quantitative estimate of drug-likeness (QED) is 0.650. The van der Waals surface area contributed by atoms with Crippen molar-refractivity contribution in [2.45, 2.75) is 13.0 Å². The molecule has 8 nitrogen and oxygen atoms in total. The minimum atomic E-state index is -0.948. The maximum absolute atomic E-state index is 12.3. The lowest BCUT2D eigenvalue weighted by Gasteiger charge is -2.35. The first-order valence-corrected chi connectivity index (χ1v) is 10.0. The zero-order chi connectivity index (χ0) is 21.3. The maximum atomic E-state index is 12.3. The summed E-state index contributed by atoms with van der Waals surface area (Å²) < 4.78 is 5.09. The number of aliphatic carboxylic acids is 1. The highest BCUT2D eigenvalue weighted by molar-refractivity contribution is 5.93. The molecule has 1 aliphatic heterocycles. The van der Waals surface area contributed by atoms with E-state index in [1.165, 1.54) is 0 Å². The van der Waals surface area contributed by atoms with Crippen molar-refractivity contribution in [3.63, 3.8) is 0 Å². The number of ether oxygens (including phenoxy) is 1. The molecule has 0 bridgehead atoms. The Labute approximate surface area is 176 Å². The van der Waals surface area contributed by atoms with Gasteiger partial charge < -0.3 is 15.2 Å². The number of carboxylic acids is 1. The summed E-state index contributed by atoms with van der Waals surface area (Å²) in [5.41, 5.74) is 1.65. The van der Waals surface area contributed by atoms with Gasteiger partial charge >= 0.3 is 5.97 Å². The van der Waals surface area contributed by atoms with Crippen molar-refractivity contribution in [3.8, 4) is 5.75 Å². The highest BCUT2D eigenvalue weighted by Crippen LogP contribution is 2.17. The average Bonchev–Trinajstić information content (AvgIpc) is 2.76. The molecule has 2 N–H and O–H groups in total. The number of nitrogens with one attached hydrogen (secondary N) is 1. The molecule has 1 atom stereocenters. The number of rotatable bonds is 9. The van der Waals surface area contributed by atoms with Gasteiger partial charge in [0, 0.05) is 57.6 Å². The van der Waals surface area contributed by atoms with Crippen LogP contribution in [0.25, 0.3) is 0 Å². The van der Waals surface area contributed by atoms with E-state index in [1.54, 1.807) is 37.6 Å². The van der Waals surface area contributed by atoms with Crippen LogP contribution in [-0.4, -0.2) is 71.6 Å². The van der Waals surface area contributed by atoms with E-state index in [0.717, 1.165) is 38.4 Å². The van der Waals surface area contributed by atoms with Crippen LogP contribution < -0.4 is 10.1 Å². The van der Waals surface area contributed by atoms with Crippen LogP contribution in [0.15, 0.2) is 48.7 Å². The Balaban J connectivity index is 1.46. The van der Waals surface area contributed by atoms with Crippen LogP contribution in [0.5, 0.6) is 5.75 Å². The molecule has 1 aromatic heterocycles. The van der Waals surface area contributed by atoms with Gasteiger partial charge in [0.25, 0.3) is 0 Å². The van der Waals surface area contributed by atoms with Gasteiger partial charge in [0.2, 0.25) is 5.91 Å². The van der Waals surface area contributed by atoms with Gasteiger partial charge in [-0.15, -0.1) is 0 Å². The summed E-state index contributed by atoms with van der Waals surface area (Å²) in [5, 5.41) is 12.4. The number of amides is 1. The van der Waals surface area contributed by atoms with E-state index >= 15 is 0 Å². The number of aromatic nitrogens is 1. The fraction of sp³-hybridized carbons (Fsp3) is 0.409. The molecule has 1 aliphatic rings. The monoisotopic (exact) mass is 412 g/mol. The van der Waals surface area contributed by atoms with Crippen molar-refractivity contribution in [2.24, 2.45) is 5.92 Å². The number of hydrogen-bond donors (Lipinski definition) is 2. The summed E-state index contributed by atoms with van der Waals surface area (Å²) in [4.78, 5) is 32.8. The molecule has 1 saturated heterocycles. The molecular weight excluding hydrogens is 384 g/mol. The topological polar surface area (TPSA) is 95.0 Å². The minimum absolute atomic E-state index is 0.0600. The number of methoxy groups -OCH3 is 1. The van der Waals surface area contributed by atoms with Gasteiger partial charge in [-0.3, -0.25) is 24.4 Å². The highest BCUT2D eigenvalue weighted by atomic mass is 16.5. The molecule has 30 heavy (non-hydrogen) atoms. The lowest BCUT2D eigenvalue weighted by molar-refractivity contribution is -0.144. The predicted octanol–water partition coefficient (Wildman–Crippen LogP) is 1.94. The molecule has 8 heteroatoms. The third-order valence-corrected chi connectivity index (χ3v) is 5.21. The molecule has 0 radical (unpaired) electrons. The van der Waals surface area contributed by atoms with E-state index in [-0.39, 0.29) is 12.3 Å². The second-order valence-corrected chi connectivity index (χ2v) is 7.41. The zero-order valence-corrected chi connectivity index (χ0v) is 17.2. The van der Waals surface area contributed by atoms with E-state index in [0.29, 0.717) is 18.0 Å². The maximum Gasteiger partial charge on any atom is 0.308 e. The van der Waals surface area contributed by atoms with Crippen LogP contribution in [0, 0.1) is 5.92 Å². The van der Waals surface area contributed by atoms with Crippen LogP contribution in [0.2, 0.25) is 0 Å². The van der Waals surface area contributed by atoms with Crippen LogP contribution in [0.4, 0.5) is 5.69 Å². The Morgan fingerprint density at radius 2 is 1.80 bits per heavy atom. The van der Waals surface area contributed by atoms with Gasteiger partial charge in [0.15, 0.2) is 0 Å². The number of hydrogen-bond acceptors (Lipinski definition) is 6. The number of nitrogens with zero attached hydrogens (tertiary/aromatic N) is 3. The molecule has 2 aromatic rings. The molecule has 3 rings (SSSR count). The first-order valence-electron chi connectivity index (χ1n) is 10.0. The van der Waals surface area contributed by atoms with Crippen LogP contribution >= 0.6 is 0 Å². The summed E-state index contributed by atoms with van der Waals surface area (Å²) in [6.45, 7) is 4.40. The van der Waals surface area contributed by atoms with Gasteiger partial charge in [0.1, 0.15) is 5.75 Å². The minimum Gasteiger partial charge on any atom is -0.497 e. The molecule has 1 amide bonds. The SMILES string of the molecule is COc1ccc(NC(=O)C[C@@H](CN2CCN(Cc3ccccn3)CC2)C(=O)O)cc1. The normalized spacial score (nSPS) is 16.0. The van der Waals surface area contributed by atoms with Crippen molar-refractivity contribution in [2.75, 3.05) is 45.2 Å². The van der Waals surface area contributed by atoms with Crippen molar-refractivity contribution in [3.05, 3.63) is 54.4 Å². The van der Waals surface area contributed by atoms with E-state index < -0.39 is 11.9 Å². The second kappa shape index (κ2) is 10.7. The van der Waals surface area contributed by atoms with Crippen LogP contribution in [0.3, 0.4) is 0 Å². The number of anilines is 1. The Hall–Kier alpha value is -2.97. The number of carbonyl (C=O) groups is 2.